The highest BCUT2D eigenvalue weighted by Crippen LogP contribution is 2.28. The van der Waals surface area contributed by atoms with Gasteiger partial charge in [-0.2, -0.15) is 0 Å². The van der Waals surface area contributed by atoms with E-state index >= 15 is 0 Å². The number of carbonyl (C=O) groups excluding carboxylic acids is 3. The molecule has 1 amide bonds. The lowest BCUT2D eigenvalue weighted by atomic mass is 9.92. The SMILES string of the molecule is CCCCCCCCCCC[C@H](C[C@@H]1OC(=O)[C@H]1C)OC(=O)CNC=O. The molecule has 0 radical (unpaired) electrons. The number of hydrogen-bond acceptors (Lipinski definition) is 5. The van der Waals surface area contributed by atoms with Crippen LogP contribution in [0.2, 0.25) is 0 Å². The molecular weight excluding hydrogens is 334 g/mol. The van der Waals surface area contributed by atoms with Crippen LogP contribution >= 0.6 is 0 Å². The first-order chi connectivity index (χ1) is 12.6. The van der Waals surface area contributed by atoms with Crippen LogP contribution in [0.15, 0.2) is 0 Å². The zero-order valence-electron chi connectivity index (χ0n) is 16.3. The minimum atomic E-state index is -0.448. The highest BCUT2D eigenvalue weighted by molar-refractivity contribution is 5.78. The molecule has 1 saturated heterocycles. The average molecular weight is 370 g/mol. The summed E-state index contributed by atoms with van der Waals surface area (Å²) in [5.41, 5.74) is 0. The molecule has 1 heterocycles. The molecule has 1 rings (SSSR count). The van der Waals surface area contributed by atoms with Crippen LogP contribution in [0.3, 0.4) is 0 Å². The van der Waals surface area contributed by atoms with Crippen molar-refractivity contribution in [2.45, 2.75) is 96.7 Å². The normalized spacial score (nSPS) is 20.0. The average Bonchev–Trinajstić information content (AvgIpc) is 2.64. The largest absolute Gasteiger partial charge is 0.461 e. The molecule has 6 nitrogen and oxygen atoms in total. The molecule has 1 aliphatic rings. The molecular formula is C20H35NO5. The molecule has 0 bridgehead atoms. The Labute approximate surface area is 157 Å². The molecule has 0 aromatic rings. The monoisotopic (exact) mass is 369 g/mol. The fourth-order valence-corrected chi connectivity index (χ4v) is 3.21. The van der Waals surface area contributed by atoms with Gasteiger partial charge in [-0.05, 0) is 19.8 Å². The molecule has 0 aliphatic carbocycles. The van der Waals surface area contributed by atoms with E-state index in [0.29, 0.717) is 12.8 Å². The van der Waals surface area contributed by atoms with Crippen LogP contribution in [0.25, 0.3) is 0 Å². The molecule has 6 heteroatoms. The Morgan fingerprint density at radius 2 is 1.77 bits per heavy atom. The van der Waals surface area contributed by atoms with E-state index in [1.165, 1.54) is 44.9 Å². The first-order valence-electron chi connectivity index (χ1n) is 10.2. The minimum absolute atomic E-state index is 0.127. The van der Waals surface area contributed by atoms with Crippen molar-refractivity contribution >= 4 is 18.3 Å². The molecule has 3 atom stereocenters. The fraction of sp³-hybridized carbons (Fsp3) is 0.850. The molecule has 150 valence electrons. The highest BCUT2D eigenvalue weighted by Gasteiger charge is 2.40. The van der Waals surface area contributed by atoms with Gasteiger partial charge < -0.3 is 14.8 Å². The summed E-state index contributed by atoms with van der Waals surface area (Å²) in [7, 11) is 0. The third-order valence-electron chi connectivity index (χ3n) is 4.95. The molecule has 0 saturated carbocycles. The van der Waals surface area contributed by atoms with E-state index in [1.54, 1.807) is 0 Å². The Balaban J connectivity index is 2.22. The lowest BCUT2D eigenvalue weighted by Gasteiger charge is -2.34. The molecule has 1 N–H and O–H groups in total. The second-order valence-corrected chi connectivity index (χ2v) is 7.23. The van der Waals surface area contributed by atoms with Gasteiger partial charge in [0.2, 0.25) is 6.41 Å². The van der Waals surface area contributed by atoms with Gasteiger partial charge in [0.05, 0.1) is 5.92 Å². The second kappa shape index (κ2) is 13.6. The summed E-state index contributed by atoms with van der Waals surface area (Å²) in [4.78, 5) is 33.3. The van der Waals surface area contributed by atoms with E-state index in [2.05, 4.69) is 12.2 Å². The van der Waals surface area contributed by atoms with Gasteiger partial charge in [0.25, 0.3) is 0 Å². The highest BCUT2D eigenvalue weighted by atomic mass is 16.6. The molecule has 1 aliphatic heterocycles. The topological polar surface area (TPSA) is 81.7 Å². The number of rotatable bonds is 16. The molecule has 0 aromatic carbocycles. The van der Waals surface area contributed by atoms with E-state index in [0.717, 1.165) is 19.3 Å². The Morgan fingerprint density at radius 1 is 1.15 bits per heavy atom. The number of ether oxygens (including phenoxy) is 2. The summed E-state index contributed by atoms with van der Waals surface area (Å²) in [6.45, 7) is 3.93. The number of amides is 1. The number of unbranched alkanes of at least 4 members (excludes halogenated alkanes) is 8. The molecule has 0 aromatic heterocycles. The maximum absolute atomic E-state index is 11.8. The van der Waals surface area contributed by atoms with Crippen molar-refractivity contribution < 1.29 is 23.9 Å². The van der Waals surface area contributed by atoms with Gasteiger partial charge in [-0.15, -0.1) is 0 Å². The van der Waals surface area contributed by atoms with Gasteiger partial charge in [-0.1, -0.05) is 58.3 Å². The Morgan fingerprint density at radius 3 is 2.31 bits per heavy atom. The van der Waals surface area contributed by atoms with Crippen LogP contribution in [0.4, 0.5) is 0 Å². The van der Waals surface area contributed by atoms with Crippen molar-refractivity contribution in [1.29, 1.82) is 0 Å². The van der Waals surface area contributed by atoms with Crippen molar-refractivity contribution in [3.8, 4) is 0 Å². The predicted octanol–water partition coefficient (Wildman–Crippen LogP) is 3.52. The number of hydrogen-bond donors (Lipinski definition) is 1. The molecule has 0 unspecified atom stereocenters. The smallest absolute Gasteiger partial charge is 0.325 e. The molecule has 1 fully saturated rings. The maximum Gasteiger partial charge on any atom is 0.325 e. The van der Waals surface area contributed by atoms with Crippen LogP contribution in [0, 0.1) is 5.92 Å². The van der Waals surface area contributed by atoms with E-state index in [1.807, 2.05) is 6.92 Å². The van der Waals surface area contributed by atoms with Crippen molar-refractivity contribution in [2.24, 2.45) is 5.92 Å². The van der Waals surface area contributed by atoms with Crippen molar-refractivity contribution in [3.63, 3.8) is 0 Å². The summed E-state index contributed by atoms with van der Waals surface area (Å²) >= 11 is 0. The quantitative estimate of drug-likeness (QED) is 0.256. The predicted molar refractivity (Wildman–Crippen MR) is 99.5 cm³/mol. The first-order valence-corrected chi connectivity index (χ1v) is 10.2. The standard InChI is InChI=1S/C20H35NO5/c1-3-4-5-6-7-8-9-10-11-12-17(25-19(23)14-21-15-22)13-18-16(2)20(24)26-18/h15-18H,3-14H2,1-2H3,(H,21,22)/t16-,17+,18-/m0/s1. The van der Waals surface area contributed by atoms with Crippen LogP contribution in [-0.2, 0) is 23.9 Å². The van der Waals surface area contributed by atoms with Crippen LogP contribution in [0.5, 0.6) is 0 Å². The molecule has 0 spiro atoms. The third kappa shape index (κ3) is 9.20. The number of nitrogens with one attached hydrogen (secondary N) is 1. The van der Waals surface area contributed by atoms with Gasteiger partial charge in [0, 0.05) is 6.42 Å². The van der Waals surface area contributed by atoms with E-state index < -0.39 is 5.97 Å². The lowest BCUT2D eigenvalue weighted by molar-refractivity contribution is -0.187. The van der Waals surface area contributed by atoms with E-state index in [9.17, 15) is 14.4 Å². The summed E-state index contributed by atoms with van der Waals surface area (Å²) in [6, 6.07) is 0. The Kier molecular flexibility index (Phi) is 11.7. The zero-order chi connectivity index (χ0) is 19.2. The van der Waals surface area contributed by atoms with Gasteiger partial charge >= 0.3 is 11.9 Å². The minimum Gasteiger partial charge on any atom is -0.461 e. The fourth-order valence-electron chi connectivity index (χ4n) is 3.21. The first kappa shape index (κ1) is 22.5. The zero-order valence-corrected chi connectivity index (χ0v) is 16.3. The Bertz CT molecular complexity index is 426. The number of esters is 2. The summed E-state index contributed by atoms with van der Waals surface area (Å²) < 4.78 is 10.6. The van der Waals surface area contributed by atoms with Gasteiger partial charge in [0.15, 0.2) is 0 Å². The lowest BCUT2D eigenvalue weighted by Crippen LogP contribution is -2.45. The molecule has 26 heavy (non-hydrogen) atoms. The van der Waals surface area contributed by atoms with Crippen molar-refractivity contribution in [2.75, 3.05) is 6.54 Å². The second-order valence-electron chi connectivity index (χ2n) is 7.23. The summed E-state index contributed by atoms with van der Waals surface area (Å²) in [5.74, 6) is -0.769. The van der Waals surface area contributed by atoms with E-state index in [-0.39, 0.29) is 30.6 Å². The van der Waals surface area contributed by atoms with Gasteiger partial charge in [-0.3, -0.25) is 14.4 Å². The third-order valence-corrected chi connectivity index (χ3v) is 4.95. The van der Waals surface area contributed by atoms with Crippen molar-refractivity contribution in [3.05, 3.63) is 0 Å². The van der Waals surface area contributed by atoms with Gasteiger partial charge in [-0.25, -0.2) is 0 Å². The van der Waals surface area contributed by atoms with Gasteiger partial charge in [0.1, 0.15) is 18.8 Å². The number of cyclic esters (lactones) is 1. The Hall–Kier alpha value is -1.59. The van der Waals surface area contributed by atoms with Crippen LogP contribution in [-0.4, -0.2) is 37.1 Å². The maximum atomic E-state index is 11.8. The van der Waals surface area contributed by atoms with Crippen molar-refractivity contribution in [1.82, 2.24) is 5.32 Å². The summed E-state index contributed by atoms with van der Waals surface area (Å²) in [6.07, 6.45) is 12.5. The number of carbonyl (C=O) groups is 3. The van der Waals surface area contributed by atoms with Crippen LogP contribution < -0.4 is 5.32 Å². The van der Waals surface area contributed by atoms with E-state index in [4.69, 9.17) is 9.47 Å². The van der Waals surface area contributed by atoms with Crippen LogP contribution in [0.1, 0.15) is 84.5 Å². The summed E-state index contributed by atoms with van der Waals surface area (Å²) in [5, 5.41) is 2.31.